The van der Waals surface area contributed by atoms with Crippen molar-refractivity contribution in [1.29, 1.82) is 0 Å². The maximum Gasteiger partial charge on any atom is 0.0926 e. The lowest BCUT2D eigenvalue weighted by molar-refractivity contribution is 1.00. The van der Waals surface area contributed by atoms with E-state index in [9.17, 15) is 0 Å². The first-order valence-electron chi connectivity index (χ1n) is 6.08. The summed E-state index contributed by atoms with van der Waals surface area (Å²) in [5.74, 6) is 0. The van der Waals surface area contributed by atoms with Gasteiger partial charge in [0.25, 0.3) is 0 Å². The van der Waals surface area contributed by atoms with E-state index in [0.717, 1.165) is 25.1 Å². The normalized spacial score (nSPS) is 10.5. The highest BCUT2D eigenvalue weighted by molar-refractivity contribution is 7.09. The van der Waals surface area contributed by atoms with Crippen molar-refractivity contribution in [2.45, 2.75) is 33.2 Å². The molecule has 2 aromatic rings. The van der Waals surface area contributed by atoms with Gasteiger partial charge in [-0.3, -0.25) is 0 Å². The maximum atomic E-state index is 4.56. The predicted molar refractivity (Wildman–Crippen MR) is 74.6 cm³/mol. The molecule has 2 nitrogen and oxygen atoms in total. The van der Waals surface area contributed by atoms with Crippen molar-refractivity contribution in [1.82, 2.24) is 4.98 Å². The number of aryl methyl sites for hydroxylation is 2. The van der Waals surface area contributed by atoms with Gasteiger partial charge in [0.2, 0.25) is 0 Å². The lowest BCUT2D eigenvalue weighted by atomic mass is 10.1. The molecule has 3 heteroatoms. The summed E-state index contributed by atoms with van der Waals surface area (Å²) in [5.41, 5.74) is 3.72. The number of benzene rings is 1. The lowest BCUT2D eigenvalue weighted by Crippen LogP contribution is -2.02. The Kier molecular flexibility index (Phi) is 4.15. The van der Waals surface area contributed by atoms with E-state index in [0.29, 0.717) is 0 Å². The van der Waals surface area contributed by atoms with Gasteiger partial charge < -0.3 is 5.32 Å². The zero-order chi connectivity index (χ0) is 12.1. The summed E-state index contributed by atoms with van der Waals surface area (Å²) in [6.45, 7) is 5.13. The van der Waals surface area contributed by atoms with Crippen LogP contribution in [-0.2, 0) is 19.4 Å². The molecular formula is C14H18N2S. The Balaban J connectivity index is 2.01. The Morgan fingerprint density at radius 1 is 1.18 bits per heavy atom. The number of anilines is 1. The Labute approximate surface area is 107 Å². The fraction of sp³-hybridized carbons (Fsp3) is 0.357. The summed E-state index contributed by atoms with van der Waals surface area (Å²) in [4.78, 5) is 4.56. The van der Waals surface area contributed by atoms with Gasteiger partial charge in [0, 0.05) is 11.1 Å². The van der Waals surface area contributed by atoms with Crippen LogP contribution in [0.25, 0.3) is 0 Å². The molecule has 0 atom stereocenters. The number of aromatic nitrogens is 1. The molecule has 0 spiro atoms. The Morgan fingerprint density at radius 2 is 2.00 bits per heavy atom. The number of nitrogens with zero attached hydrogens (tertiary/aromatic N) is 1. The van der Waals surface area contributed by atoms with Gasteiger partial charge in [-0.1, -0.05) is 32.0 Å². The van der Waals surface area contributed by atoms with Crippen molar-refractivity contribution in [2.75, 3.05) is 5.32 Å². The fourth-order valence-electron chi connectivity index (χ4n) is 1.78. The summed E-state index contributed by atoms with van der Waals surface area (Å²) in [6, 6.07) is 8.45. The van der Waals surface area contributed by atoms with E-state index in [1.165, 1.54) is 16.3 Å². The van der Waals surface area contributed by atoms with Gasteiger partial charge in [-0.05, 0) is 24.5 Å². The van der Waals surface area contributed by atoms with Gasteiger partial charge in [-0.2, -0.15) is 0 Å². The third-order valence-electron chi connectivity index (χ3n) is 2.76. The molecule has 1 aromatic carbocycles. The van der Waals surface area contributed by atoms with E-state index in [-0.39, 0.29) is 0 Å². The van der Waals surface area contributed by atoms with Crippen LogP contribution in [0.3, 0.4) is 0 Å². The maximum absolute atomic E-state index is 4.56. The molecule has 0 saturated heterocycles. The van der Waals surface area contributed by atoms with E-state index < -0.39 is 0 Å². The van der Waals surface area contributed by atoms with Crippen molar-refractivity contribution < 1.29 is 0 Å². The largest absolute Gasteiger partial charge is 0.379 e. The molecule has 0 saturated carbocycles. The highest BCUT2D eigenvalue weighted by atomic mass is 32.1. The molecule has 2 rings (SSSR count). The number of rotatable bonds is 5. The van der Waals surface area contributed by atoms with Crippen LogP contribution in [0.5, 0.6) is 0 Å². The summed E-state index contributed by atoms with van der Waals surface area (Å²) >= 11 is 1.74. The second-order valence-corrected chi connectivity index (χ2v) is 4.89. The summed E-state index contributed by atoms with van der Waals surface area (Å²) in [7, 11) is 0. The molecule has 0 bridgehead atoms. The summed E-state index contributed by atoms with van der Waals surface area (Å²) in [6.07, 6.45) is 2.08. The van der Waals surface area contributed by atoms with Crippen LogP contribution in [-0.4, -0.2) is 4.98 Å². The van der Waals surface area contributed by atoms with Crippen molar-refractivity contribution >= 4 is 17.0 Å². The topological polar surface area (TPSA) is 24.9 Å². The molecule has 90 valence electrons. The number of hydrogen-bond acceptors (Lipinski definition) is 3. The Morgan fingerprint density at radius 3 is 2.71 bits per heavy atom. The van der Waals surface area contributed by atoms with Crippen molar-refractivity contribution in [3.8, 4) is 0 Å². The highest BCUT2D eigenvalue weighted by Gasteiger charge is 2.02. The fourth-order valence-corrected chi connectivity index (χ4v) is 2.52. The predicted octanol–water partition coefficient (Wildman–Crippen LogP) is 3.88. The Hall–Kier alpha value is -1.35. The lowest BCUT2D eigenvalue weighted by Gasteiger charge is -2.09. The van der Waals surface area contributed by atoms with Crippen LogP contribution in [0.15, 0.2) is 29.6 Å². The molecule has 1 N–H and O–H groups in total. The molecule has 0 aliphatic heterocycles. The highest BCUT2D eigenvalue weighted by Crippen LogP contribution is 2.17. The second kappa shape index (κ2) is 5.82. The van der Waals surface area contributed by atoms with Gasteiger partial charge in [0.15, 0.2) is 0 Å². The van der Waals surface area contributed by atoms with Crippen molar-refractivity contribution in [3.63, 3.8) is 0 Å². The van der Waals surface area contributed by atoms with E-state index >= 15 is 0 Å². The smallest absolute Gasteiger partial charge is 0.0926 e. The van der Waals surface area contributed by atoms with Crippen LogP contribution in [0.4, 0.5) is 5.69 Å². The average Bonchev–Trinajstić information content (AvgIpc) is 2.84. The summed E-state index contributed by atoms with van der Waals surface area (Å²) in [5, 5.41) is 6.81. The first kappa shape index (κ1) is 12.1. The monoisotopic (exact) mass is 246 g/mol. The molecule has 0 unspecified atom stereocenters. The van der Waals surface area contributed by atoms with Gasteiger partial charge in [-0.15, -0.1) is 11.3 Å². The molecule has 0 radical (unpaired) electrons. The minimum absolute atomic E-state index is 0.813. The molecule has 1 heterocycles. The molecular weight excluding hydrogens is 228 g/mol. The third-order valence-corrected chi connectivity index (χ3v) is 3.80. The van der Waals surface area contributed by atoms with Gasteiger partial charge in [-0.25, -0.2) is 4.98 Å². The second-order valence-electron chi connectivity index (χ2n) is 3.95. The number of hydrogen-bond donors (Lipinski definition) is 1. The number of para-hydroxylation sites is 1. The quantitative estimate of drug-likeness (QED) is 0.866. The van der Waals surface area contributed by atoms with Crippen LogP contribution in [0.2, 0.25) is 0 Å². The van der Waals surface area contributed by atoms with E-state index in [4.69, 9.17) is 0 Å². The van der Waals surface area contributed by atoms with Crippen LogP contribution < -0.4 is 5.32 Å². The molecule has 0 aliphatic rings. The molecule has 0 fully saturated rings. The standard InChI is InChI=1S/C14H18N2S/c1-3-11-7-5-6-8-13(11)15-9-12-10-17-14(4-2)16-12/h5-8,10,15H,3-4,9H2,1-2H3. The van der Waals surface area contributed by atoms with Crippen molar-refractivity contribution in [3.05, 3.63) is 45.9 Å². The molecule has 17 heavy (non-hydrogen) atoms. The van der Waals surface area contributed by atoms with E-state index in [2.05, 4.69) is 53.8 Å². The minimum atomic E-state index is 0.813. The van der Waals surface area contributed by atoms with Crippen molar-refractivity contribution in [2.24, 2.45) is 0 Å². The van der Waals surface area contributed by atoms with Gasteiger partial charge >= 0.3 is 0 Å². The number of nitrogens with one attached hydrogen (secondary N) is 1. The average molecular weight is 246 g/mol. The molecule has 0 aliphatic carbocycles. The molecule has 1 aromatic heterocycles. The minimum Gasteiger partial charge on any atom is -0.379 e. The SMILES string of the molecule is CCc1nc(CNc2ccccc2CC)cs1. The van der Waals surface area contributed by atoms with Crippen LogP contribution in [0.1, 0.15) is 30.1 Å². The summed E-state index contributed by atoms with van der Waals surface area (Å²) < 4.78 is 0. The first-order valence-corrected chi connectivity index (χ1v) is 6.96. The first-order chi connectivity index (χ1) is 8.33. The van der Waals surface area contributed by atoms with Gasteiger partial charge in [0.1, 0.15) is 0 Å². The third kappa shape index (κ3) is 3.07. The Bertz CT molecular complexity index is 477. The van der Waals surface area contributed by atoms with Crippen LogP contribution >= 0.6 is 11.3 Å². The zero-order valence-electron chi connectivity index (χ0n) is 10.4. The van der Waals surface area contributed by atoms with E-state index in [1.54, 1.807) is 11.3 Å². The number of thiazole rings is 1. The molecule has 0 amide bonds. The van der Waals surface area contributed by atoms with Gasteiger partial charge in [0.05, 0.1) is 17.2 Å². The van der Waals surface area contributed by atoms with E-state index in [1.807, 2.05) is 0 Å². The zero-order valence-corrected chi connectivity index (χ0v) is 11.2. The van der Waals surface area contributed by atoms with Crippen LogP contribution in [0, 0.1) is 0 Å².